The van der Waals surface area contributed by atoms with E-state index in [1.807, 2.05) is 26.0 Å². The van der Waals surface area contributed by atoms with E-state index in [0.717, 1.165) is 17.6 Å². The predicted octanol–water partition coefficient (Wildman–Crippen LogP) is 2.83. The fraction of sp³-hybridized carbons (Fsp3) is 0.385. The summed E-state index contributed by atoms with van der Waals surface area (Å²) in [5.74, 6) is -0.803. The van der Waals surface area contributed by atoms with Gasteiger partial charge in [-0.2, -0.15) is 0 Å². The lowest BCUT2D eigenvalue weighted by Crippen LogP contribution is -2.05. The summed E-state index contributed by atoms with van der Waals surface area (Å²) in [6.45, 7) is 3.87. The average Bonchev–Trinajstić information content (AvgIpc) is 2.26. The standard InChI is InChI=1S/C13H17NO2/c1-3-5-12(13(15)16)10(2)8-11-6-4-7-14-9-11/h4,6-7,9H,3,5,8H2,1-2H3,(H,15,16). The second-order valence-corrected chi connectivity index (χ2v) is 3.85. The van der Waals surface area contributed by atoms with E-state index in [9.17, 15) is 4.79 Å². The SMILES string of the molecule is CCCC(C(=O)O)=C(C)Cc1cccnc1. The zero-order valence-corrected chi connectivity index (χ0v) is 9.73. The van der Waals surface area contributed by atoms with Gasteiger partial charge in [0.2, 0.25) is 0 Å². The van der Waals surface area contributed by atoms with Gasteiger partial charge in [0.1, 0.15) is 0 Å². The van der Waals surface area contributed by atoms with E-state index in [-0.39, 0.29) is 0 Å². The summed E-state index contributed by atoms with van der Waals surface area (Å²) in [4.78, 5) is 15.1. The van der Waals surface area contributed by atoms with E-state index >= 15 is 0 Å². The Morgan fingerprint density at radius 3 is 2.75 bits per heavy atom. The molecule has 16 heavy (non-hydrogen) atoms. The van der Waals surface area contributed by atoms with Gasteiger partial charge in [0.15, 0.2) is 0 Å². The molecule has 1 heterocycles. The number of aliphatic carboxylic acids is 1. The number of carboxylic acid groups (broad SMARTS) is 1. The van der Waals surface area contributed by atoms with Crippen LogP contribution in [0.15, 0.2) is 35.7 Å². The van der Waals surface area contributed by atoms with Crippen molar-refractivity contribution in [2.75, 3.05) is 0 Å². The van der Waals surface area contributed by atoms with E-state index in [2.05, 4.69) is 4.98 Å². The fourth-order valence-corrected chi connectivity index (χ4v) is 1.67. The summed E-state index contributed by atoms with van der Waals surface area (Å²) in [5, 5.41) is 9.08. The van der Waals surface area contributed by atoms with E-state index in [4.69, 9.17) is 5.11 Å². The number of aromatic nitrogens is 1. The Morgan fingerprint density at radius 1 is 1.50 bits per heavy atom. The third-order valence-electron chi connectivity index (χ3n) is 2.47. The van der Waals surface area contributed by atoms with Crippen LogP contribution in [0.3, 0.4) is 0 Å². The highest BCUT2D eigenvalue weighted by atomic mass is 16.4. The molecule has 1 N–H and O–H groups in total. The second-order valence-electron chi connectivity index (χ2n) is 3.85. The molecule has 1 rings (SSSR count). The van der Waals surface area contributed by atoms with Gasteiger partial charge < -0.3 is 5.11 Å². The molecule has 0 fully saturated rings. The van der Waals surface area contributed by atoms with Gasteiger partial charge >= 0.3 is 5.97 Å². The van der Waals surface area contributed by atoms with Gasteiger partial charge in [-0.05, 0) is 31.4 Å². The molecule has 0 saturated heterocycles. The van der Waals surface area contributed by atoms with Crippen molar-refractivity contribution in [3.05, 3.63) is 41.2 Å². The average molecular weight is 219 g/mol. The first-order valence-electron chi connectivity index (χ1n) is 5.46. The zero-order chi connectivity index (χ0) is 12.0. The lowest BCUT2D eigenvalue weighted by atomic mass is 9.99. The van der Waals surface area contributed by atoms with Crippen molar-refractivity contribution in [2.45, 2.75) is 33.1 Å². The summed E-state index contributed by atoms with van der Waals surface area (Å²) < 4.78 is 0. The van der Waals surface area contributed by atoms with Crippen molar-refractivity contribution >= 4 is 5.97 Å². The van der Waals surface area contributed by atoms with Crippen LogP contribution in [0.25, 0.3) is 0 Å². The third kappa shape index (κ3) is 3.50. The first-order chi connectivity index (χ1) is 7.65. The van der Waals surface area contributed by atoms with E-state index in [0.29, 0.717) is 18.4 Å². The first-order valence-corrected chi connectivity index (χ1v) is 5.46. The highest BCUT2D eigenvalue weighted by Gasteiger charge is 2.10. The Balaban J connectivity index is 2.85. The summed E-state index contributed by atoms with van der Waals surface area (Å²) in [7, 11) is 0. The monoisotopic (exact) mass is 219 g/mol. The minimum absolute atomic E-state index is 0.534. The highest BCUT2D eigenvalue weighted by Crippen LogP contribution is 2.15. The number of carboxylic acids is 1. The van der Waals surface area contributed by atoms with Crippen LogP contribution in [0, 0.1) is 0 Å². The van der Waals surface area contributed by atoms with Crippen LogP contribution in [0.5, 0.6) is 0 Å². The lowest BCUT2D eigenvalue weighted by Gasteiger charge is -2.07. The summed E-state index contributed by atoms with van der Waals surface area (Å²) in [5.41, 5.74) is 2.50. The minimum atomic E-state index is -0.803. The Kier molecular flexibility index (Phi) is 4.70. The Morgan fingerprint density at radius 2 is 2.25 bits per heavy atom. The molecule has 0 spiro atoms. The van der Waals surface area contributed by atoms with Gasteiger partial charge in [-0.25, -0.2) is 4.79 Å². The number of allylic oxidation sites excluding steroid dienone is 1. The third-order valence-corrected chi connectivity index (χ3v) is 2.47. The van der Waals surface area contributed by atoms with Crippen LogP contribution >= 0.6 is 0 Å². The number of nitrogens with zero attached hydrogens (tertiary/aromatic N) is 1. The molecule has 86 valence electrons. The number of pyridine rings is 1. The van der Waals surface area contributed by atoms with Crippen LogP contribution in [-0.4, -0.2) is 16.1 Å². The minimum Gasteiger partial charge on any atom is -0.478 e. The van der Waals surface area contributed by atoms with Crippen LogP contribution in [0.4, 0.5) is 0 Å². The van der Waals surface area contributed by atoms with Crippen molar-refractivity contribution in [3.63, 3.8) is 0 Å². The van der Waals surface area contributed by atoms with Gasteiger partial charge in [-0.3, -0.25) is 4.98 Å². The molecule has 0 bridgehead atoms. The maximum absolute atomic E-state index is 11.0. The maximum Gasteiger partial charge on any atom is 0.331 e. The zero-order valence-electron chi connectivity index (χ0n) is 9.73. The summed E-state index contributed by atoms with van der Waals surface area (Å²) in [6, 6.07) is 3.82. The molecule has 0 saturated carbocycles. The first kappa shape index (κ1) is 12.4. The van der Waals surface area contributed by atoms with Gasteiger partial charge in [0.05, 0.1) is 0 Å². The van der Waals surface area contributed by atoms with Crippen molar-refractivity contribution in [1.82, 2.24) is 4.98 Å². The molecule has 0 aliphatic heterocycles. The van der Waals surface area contributed by atoms with Crippen molar-refractivity contribution in [2.24, 2.45) is 0 Å². The molecule has 0 unspecified atom stereocenters. The van der Waals surface area contributed by atoms with Crippen LogP contribution in [0.1, 0.15) is 32.3 Å². The number of hydrogen-bond donors (Lipinski definition) is 1. The molecule has 0 aromatic carbocycles. The topological polar surface area (TPSA) is 50.2 Å². The fourth-order valence-electron chi connectivity index (χ4n) is 1.67. The molecule has 1 aromatic heterocycles. The normalized spacial score (nSPS) is 12.1. The Labute approximate surface area is 95.8 Å². The van der Waals surface area contributed by atoms with Gasteiger partial charge in [-0.15, -0.1) is 0 Å². The lowest BCUT2D eigenvalue weighted by molar-refractivity contribution is -0.132. The molecule has 0 radical (unpaired) electrons. The van der Waals surface area contributed by atoms with Crippen LogP contribution in [0.2, 0.25) is 0 Å². The number of carbonyl (C=O) groups is 1. The molecular formula is C13H17NO2. The molecule has 0 aliphatic carbocycles. The van der Waals surface area contributed by atoms with E-state index < -0.39 is 5.97 Å². The Bertz CT molecular complexity index is 382. The van der Waals surface area contributed by atoms with Crippen molar-refractivity contribution in [3.8, 4) is 0 Å². The molecule has 3 heteroatoms. The second kappa shape index (κ2) is 6.05. The molecular weight excluding hydrogens is 202 g/mol. The van der Waals surface area contributed by atoms with Crippen molar-refractivity contribution < 1.29 is 9.90 Å². The quantitative estimate of drug-likeness (QED) is 0.775. The van der Waals surface area contributed by atoms with Crippen molar-refractivity contribution in [1.29, 1.82) is 0 Å². The molecule has 1 aromatic rings. The largest absolute Gasteiger partial charge is 0.478 e. The molecule has 0 atom stereocenters. The maximum atomic E-state index is 11.0. The molecule has 3 nitrogen and oxygen atoms in total. The highest BCUT2D eigenvalue weighted by molar-refractivity contribution is 5.87. The van der Waals surface area contributed by atoms with Crippen LogP contribution < -0.4 is 0 Å². The van der Waals surface area contributed by atoms with Gasteiger partial charge in [0, 0.05) is 18.0 Å². The number of rotatable bonds is 5. The smallest absolute Gasteiger partial charge is 0.331 e. The van der Waals surface area contributed by atoms with Gasteiger partial charge in [0.25, 0.3) is 0 Å². The van der Waals surface area contributed by atoms with Crippen LogP contribution in [-0.2, 0) is 11.2 Å². The molecule has 0 amide bonds. The van der Waals surface area contributed by atoms with Gasteiger partial charge in [-0.1, -0.05) is 25.0 Å². The predicted molar refractivity (Wildman–Crippen MR) is 63.2 cm³/mol. The summed E-state index contributed by atoms with van der Waals surface area (Å²) in [6.07, 6.45) is 5.63. The number of hydrogen-bond acceptors (Lipinski definition) is 2. The summed E-state index contributed by atoms with van der Waals surface area (Å²) >= 11 is 0. The molecule has 0 aliphatic rings. The van der Waals surface area contributed by atoms with E-state index in [1.54, 1.807) is 12.4 Å². The Hall–Kier alpha value is -1.64. The van der Waals surface area contributed by atoms with E-state index in [1.165, 1.54) is 0 Å².